The van der Waals surface area contributed by atoms with Gasteiger partial charge in [0.1, 0.15) is 5.01 Å². The fourth-order valence-electron chi connectivity index (χ4n) is 6.53. The van der Waals surface area contributed by atoms with Crippen LogP contribution in [-0.4, -0.2) is 14.5 Å². The van der Waals surface area contributed by atoms with E-state index in [-0.39, 0.29) is 0 Å². The first-order chi connectivity index (χ1) is 22.8. The standard InChI is InChI=1S/C42H27N3S/c1-2-10-28(11-3-1)29-19-21-30(22-20-29)34-14-9-17-38-41(34)35-24-23-32(42-44-37-16-4-5-18-40(37)46-42)27-39(35)45(38)33-13-8-12-31(26-33)36-15-6-7-25-43-36/h1-27H. The molecule has 0 aliphatic heterocycles. The number of benzene rings is 6. The lowest BCUT2D eigenvalue weighted by Gasteiger charge is -2.11. The molecule has 3 nitrogen and oxygen atoms in total. The Morgan fingerprint density at radius 1 is 0.500 bits per heavy atom. The quantitative estimate of drug-likeness (QED) is 0.195. The third-order valence-corrected chi connectivity index (χ3v) is 9.79. The van der Waals surface area contributed by atoms with Crippen molar-refractivity contribution in [3.8, 4) is 49.8 Å². The second kappa shape index (κ2) is 11.0. The predicted octanol–water partition coefficient (Wildman–Crippen LogP) is 11.5. The van der Waals surface area contributed by atoms with Crippen molar-refractivity contribution in [1.82, 2.24) is 14.5 Å². The van der Waals surface area contributed by atoms with Crippen LogP contribution in [0.3, 0.4) is 0 Å². The molecule has 0 unspecified atom stereocenters. The van der Waals surface area contributed by atoms with Crippen molar-refractivity contribution in [2.45, 2.75) is 0 Å². The highest BCUT2D eigenvalue weighted by Gasteiger charge is 2.18. The molecule has 0 atom stereocenters. The largest absolute Gasteiger partial charge is 0.309 e. The van der Waals surface area contributed by atoms with E-state index in [0.717, 1.165) is 38.5 Å². The molecule has 46 heavy (non-hydrogen) atoms. The Morgan fingerprint density at radius 2 is 1.24 bits per heavy atom. The second-order valence-electron chi connectivity index (χ2n) is 11.5. The third kappa shape index (κ3) is 4.50. The lowest BCUT2D eigenvalue weighted by Crippen LogP contribution is -1.95. The molecule has 0 aliphatic carbocycles. The fraction of sp³-hybridized carbons (Fsp3) is 0. The van der Waals surface area contributed by atoms with Crippen molar-refractivity contribution in [3.63, 3.8) is 0 Å². The maximum absolute atomic E-state index is 5.00. The lowest BCUT2D eigenvalue weighted by atomic mass is 9.97. The Bertz CT molecular complexity index is 2480. The Morgan fingerprint density at radius 3 is 2.09 bits per heavy atom. The highest BCUT2D eigenvalue weighted by atomic mass is 32.1. The fourth-order valence-corrected chi connectivity index (χ4v) is 7.49. The first kappa shape index (κ1) is 26.6. The molecule has 9 aromatic rings. The van der Waals surface area contributed by atoms with Gasteiger partial charge in [0.15, 0.2) is 0 Å². The average molecular weight is 606 g/mol. The summed E-state index contributed by atoms with van der Waals surface area (Å²) in [5.41, 5.74) is 12.5. The van der Waals surface area contributed by atoms with E-state index >= 15 is 0 Å². The van der Waals surface area contributed by atoms with E-state index in [0.29, 0.717) is 0 Å². The Balaban J connectivity index is 1.28. The summed E-state index contributed by atoms with van der Waals surface area (Å²) in [6, 6.07) is 56.1. The molecule has 0 radical (unpaired) electrons. The minimum absolute atomic E-state index is 0.958. The number of pyridine rings is 1. The molecule has 0 fully saturated rings. The molecule has 0 aliphatic rings. The van der Waals surface area contributed by atoms with Gasteiger partial charge in [-0.05, 0) is 70.8 Å². The summed E-state index contributed by atoms with van der Waals surface area (Å²) in [4.78, 5) is 9.64. The summed E-state index contributed by atoms with van der Waals surface area (Å²) in [5, 5.41) is 3.48. The van der Waals surface area contributed by atoms with Gasteiger partial charge in [-0.3, -0.25) is 4.98 Å². The van der Waals surface area contributed by atoms with Crippen molar-refractivity contribution < 1.29 is 0 Å². The van der Waals surface area contributed by atoms with Crippen LogP contribution in [0, 0.1) is 0 Å². The Labute approximate surface area is 270 Å². The van der Waals surface area contributed by atoms with Crippen LogP contribution in [0.4, 0.5) is 0 Å². The van der Waals surface area contributed by atoms with Gasteiger partial charge in [0.25, 0.3) is 0 Å². The van der Waals surface area contributed by atoms with Crippen LogP contribution < -0.4 is 0 Å². The topological polar surface area (TPSA) is 30.7 Å². The number of nitrogens with zero attached hydrogens (tertiary/aromatic N) is 3. The summed E-state index contributed by atoms with van der Waals surface area (Å²) < 4.78 is 3.60. The number of rotatable bonds is 5. The van der Waals surface area contributed by atoms with Crippen molar-refractivity contribution in [2.75, 3.05) is 0 Å². The van der Waals surface area contributed by atoms with E-state index in [1.807, 2.05) is 18.3 Å². The van der Waals surface area contributed by atoms with Crippen LogP contribution in [0.15, 0.2) is 164 Å². The van der Waals surface area contributed by atoms with Crippen LogP contribution in [0.25, 0.3) is 81.8 Å². The van der Waals surface area contributed by atoms with Gasteiger partial charge >= 0.3 is 0 Å². The van der Waals surface area contributed by atoms with Crippen LogP contribution in [0.1, 0.15) is 0 Å². The lowest BCUT2D eigenvalue weighted by molar-refractivity contribution is 1.18. The minimum atomic E-state index is 0.958. The highest BCUT2D eigenvalue weighted by molar-refractivity contribution is 7.21. The van der Waals surface area contributed by atoms with E-state index < -0.39 is 0 Å². The number of hydrogen-bond donors (Lipinski definition) is 0. The zero-order valence-electron chi connectivity index (χ0n) is 24.8. The highest BCUT2D eigenvalue weighted by Crippen LogP contribution is 2.41. The van der Waals surface area contributed by atoms with Gasteiger partial charge in [-0.1, -0.05) is 109 Å². The van der Waals surface area contributed by atoms with Crippen LogP contribution in [0.5, 0.6) is 0 Å². The zero-order valence-corrected chi connectivity index (χ0v) is 25.7. The summed E-state index contributed by atoms with van der Waals surface area (Å²) in [6.07, 6.45) is 1.85. The van der Waals surface area contributed by atoms with Crippen molar-refractivity contribution in [3.05, 3.63) is 164 Å². The minimum Gasteiger partial charge on any atom is -0.309 e. The van der Waals surface area contributed by atoms with Crippen molar-refractivity contribution in [1.29, 1.82) is 0 Å². The molecule has 0 spiro atoms. The molecule has 0 bridgehead atoms. The summed E-state index contributed by atoms with van der Waals surface area (Å²) in [7, 11) is 0. The van der Waals surface area contributed by atoms with E-state index in [4.69, 9.17) is 4.98 Å². The molecule has 0 N–H and O–H groups in total. The number of fused-ring (bicyclic) bond motifs is 4. The van der Waals surface area contributed by atoms with Gasteiger partial charge in [-0.2, -0.15) is 0 Å². The van der Waals surface area contributed by atoms with Gasteiger partial charge in [-0.25, -0.2) is 4.98 Å². The van der Waals surface area contributed by atoms with Crippen molar-refractivity contribution >= 4 is 43.4 Å². The van der Waals surface area contributed by atoms with Gasteiger partial charge in [0.2, 0.25) is 0 Å². The molecule has 0 saturated carbocycles. The Hall–Kier alpha value is -5.84. The first-order valence-electron chi connectivity index (χ1n) is 15.4. The van der Waals surface area contributed by atoms with Gasteiger partial charge < -0.3 is 4.57 Å². The van der Waals surface area contributed by atoms with E-state index in [1.165, 1.54) is 43.2 Å². The van der Waals surface area contributed by atoms with Gasteiger partial charge in [0, 0.05) is 33.8 Å². The average Bonchev–Trinajstić information content (AvgIpc) is 3.72. The number of para-hydroxylation sites is 1. The third-order valence-electron chi connectivity index (χ3n) is 8.70. The normalized spacial score (nSPS) is 11.5. The molecule has 6 aromatic carbocycles. The predicted molar refractivity (Wildman–Crippen MR) is 193 cm³/mol. The summed E-state index contributed by atoms with van der Waals surface area (Å²) >= 11 is 1.74. The van der Waals surface area contributed by atoms with Crippen LogP contribution in [-0.2, 0) is 0 Å². The summed E-state index contributed by atoms with van der Waals surface area (Å²) in [5.74, 6) is 0. The van der Waals surface area contributed by atoms with Crippen LogP contribution >= 0.6 is 11.3 Å². The molecule has 3 aromatic heterocycles. The molecule has 216 valence electrons. The maximum atomic E-state index is 5.00. The SMILES string of the molecule is c1ccc(-c2ccc(-c3cccc4c3c3ccc(-c5nc6ccccc6s5)cc3n4-c3cccc(-c4ccccn4)c3)cc2)cc1. The van der Waals surface area contributed by atoms with Gasteiger partial charge in [0.05, 0.1) is 26.9 Å². The zero-order chi connectivity index (χ0) is 30.5. The maximum Gasteiger partial charge on any atom is 0.124 e. The number of thiazole rings is 1. The second-order valence-corrected chi connectivity index (χ2v) is 12.5. The number of hydrogen-bond acceptors (Lipinski definition) is 3. The molecule has 0 amide bonds. The molecular formula is C42H27N3S. The molecular weight excluding hydrogens is 579 g/mol. The summed E-state index contributed by atoms with van der Waals surface area (Å²) in [6.45, 7) is 0. The Kier molecular flexibility index (Phi) is 6.32. The molecule has 0 saturated heterocycles. The number of aromatic nitrogens is 3. The smallest absolute Gasteiger partial charge is 0.124 e. The monoisotopic (exact) mass is 605 g/mol. The molecule has 4 heteroatoms. The molecule has 9 rings (SSSR count). The van der Waals surface area contributed by atoms with E-state index in [2.05, 4.69) is 155 Å². The van der Waals surface area contributed by atoms with Gasteiger partial charge in [-0.15, -0.1) is 11.3 Å². The van der Waals surface area contributed by atoms with E-state index in [1.54, 1.807) is 11.3 Å². The first-order valence-corrected chi connectivity index (χ1v) is 16.2. The van der Waals surface area contributed by atoms with Crippen LogP contribution in [0.2, 0.25) is 0 Å². The van der Waals surface area contributed by atoms with Crippen molar-refractivity contribution in [2.24, 2.45) is 0 Å². The van der Waals surface area contributed by atoms with E-state index in [9.17, 15) is 0 Å². The molecule has 3 heterocycles.